The van der Waals surface area contributed by atoms with Crippen LogP contribution in [0.2, 0.25) is 0 Å². The average Bonchev–Trinajstić information content (AvgIpc) is 3.03. The van der Waals surface area contributed by atoms with Gasteiger partial charge in [-0.05, 0) is 42.0 Å². The molecule has 0 aliphatic carbocycles. The molecule has 1 aliphatic rings. The maximum atomic E-state index is 12.9. The van der Waals surface area contributed by atoms with Crippen molar-refractivity contribution in [3.05, 3.63) is 60.1 Å². The molecule has 1 aliphatic heterocycles. The van der Waals surface area contributed by atoms with Crippen LogP contribution in [0.3, 0.4) is 0 Å². The number of halogens is 4. The van der Waals surface area contributed by atoms with E-state index >= 15 is 0 Å². The van der Waals surface area contributed by atoms with E-state index in [2.05, 4.69) is 15.6 Å². The number of imide groups is 1. The Labute approximate surface area is 173 Å². The lowest BCUT2D eigenvalue weighted by Gasteiger charge is -2.08. The standard InChI is InChI=1S/C17H15FN4O2.C2HF3O2/c18-13-4-6-14(7-5-13)21-15-8-3-12(10-19-15)2-1-9-22-16(23)11-20-17(22)24;3-2(4,5)1(6)7/h1-8,10H,9,11H2,(H,19,21)(H,20,24);(H,6,7)/b2-1+;. The normalized spacial score (nSPS) is 13.6. The van der Waals surface area contributed by atoms with E-state index in [0.717, 1.165) is 16.2 Å². The molecule has 3 N–H and O–H groups in total. The first-order valence-electron chi connectivity index (χ1n) is 8.60. The molecule has 2 aromatic rings. The molecule has 1 saturated heterocycles. The Morgan fingerprint density at radius 2 is 1.84 bits per heavy atom. The van der Waals surface area contributed by atoms with E-state index in [0.29, 0.717) is 5.82 Å². The molecule has 8 nitrogen and oxygen atoms in total. The monoisotopic (exact) mass is 440 g/mol. The van der Waals surface area contributed by atoms with Crippen molar-refractivity contribution >= 4 is 35.5 Å². The minimum Gasteiger partial charge on any atom is -0.475 e. The predicted molar refractivity (Wildman–Crippen MR) is 102 cm³/mol. The lowest BCUT2D eigenvalue weighted by Crippen LogP contribution is -2.30. The zero-order valence-corrected chi connectivity index (χ0v) is 15.7. The number of nitrogens with zero attached hydrogens (tertiary/aromatic N) is 2. The highest BCUT2D eigenvalue weighted by Crippen LogP contribution is 2.15. The summed E-state index contributed by atoms with van der Waals surface area (Å²) in [5.41, 5.74) is 1.58. The van der Waals surface area contributed by atoms with Crippen LogP contribution < -0.4 is 10.6 Å². The molecule has 0 unspecified atom stereocenters. The van der Waals surface area contributed by atoms with E-state index in [4.69, 9.17) is 9.90 Å². The molecule has 164 valence electrons. The Bertz CT molecular complexity index is 944. The van der Waals surface area contributed by atoms with Gasteiger partial charge in [0.15, 0.2) is 0 Å². The van der Waals surface area contributed by atoms with Crippen molar-refractivity contribution in [2.75, 3.05) is 18.4 Å². The maximum absolute atomic E-state index is 12.9. The Morgan fingerprint density at radius 3 is 2.32 bits per heavy atom. The number of carbonyl (C=O) groups excluding carboxylic acids is 2. The van der Waals surface area contributed by atoms with Crippen LogP contribution in [0, 0.1) is 5.82 Å². The first-order chi connectivity index (χ1) is 14.6. The summed E-state index contributed by atoms with van der Waals surface area (Å²) in [5.74, 6) is -2.65. The number of aliphatic carboxylic acids is 1. The number of benzene rings is 1. The highest BCUT2D eigenvalue weighted by molar-refractivity contribution is 6.02. The van der Waals surface area contributed by atoms with Crippen LogP contribution in [-0.4, -0.2) is 52.2 Å². The second-order valence-electron chi connectivity index (χ2n) is 5.98. The van der Waals surface area contributed by atoms with Gasteiger partial charge in [0.2, 0.25) is 5.91 Å². The van der Waals surface area contributed by atoms with Gasteiger partial charge in [0.1, 0.15) is 11.6 Å². The summed E-state index contributed by atoms with van der Waals surface area (Å²) in [6.45, 7) is 0.276. The zero-order chi connectivity index (χ0) is 23.0. The van der Waals surface area contributed by atoms with Crippen molar-refractivity contribution in [1.82, 2.24) is 15.2 Å². The third kappa shape index (κ3) is 7.42. The molecule has 0 radical (unpaired) electrons. The number of amides is 3. The number of nitrogens with one attached hydrogen (secondary N) is 2. The number of anilines is 2. The van der Waals surface area contributed by atoms with Gasteiger partial charge in [-0.3, -0.25) is 9.69 Å². The van der Waals surface area contributed by atoms with E-state index in [9.17, 15) is 27.2 Å². The molecule has 3 rings (SSSR count). The second-order valence-corrected chi connectivity index (χ2v) is 5.98. The largest absolute Gasteiger partial charge is 0.490 e. The lowest BCUT2D eigenvalue weighted by molar-refractivity contribution is -0.192. The molecule has 1 aromatic carbocycles. The molecule has 0 saturated carbocycles. The van der Waals surface area contributed by atoms with Crippen LogP contribution in [0.15, 0.2) is 48.7 Å². The number of carboxylic acids is 1. The highest BCUT2D eigenvalue weighted by atomic mass is 19.4. The molecule has 12 heteroatoms. The average molecular weight is 440 g/mol. The van der Waals surface area contributed by atoms with E-state index in [1.54, 1.807) is 36.5 Å². The molecule has 3 amide bonds. The van der Waals surface area contributed by atoms with Gasteiger partial charge in [0.05, 0.1) is 6.54 Å². The fourth-order valence-corrected chi connectivity index (χ4v) is 2.19. The van der Waals surface area contributed by atoms with E-state index in [-0.39, 0.29) is 30.8 Å². The molecule has 1 aromatic heterocycles. The number of hydrogen-bond donors (Lipinski definition) is 3. The number of urea groups is 1. The molecule has 1 fully saturated rings. The second kappa shape index (κ2) is 10.2. The summed E-state index contributed by atoms with van der Waals surface area (Å²) in [6, 6.07) is 9.26. The van der Waals surface area contributed by atoms with Crippen molar-refractivity contribution in [3.8, 4) is 0 Å². The molecule has 2 heterocycles. The quantitative estimate of drug-likeness (QED) is 0.487. The van der Waals surface area contributed by atoms with Crippen LogP contribution in [-0.2, 0) is 9.59 Å². The van der Waals surface area contributed by atoms with Crippen LogP contribution in [0.1, 0.15) is 5.56 Å². The molecular formula is C19H16F4N4O4. The first-order valence-corrected chi connectivity index (χ1v) is 8.60. The molecule has 0 atom stereocenters. The van der Waals surface area contributed by atoms with Gasteiger partial charge >= 0.3 is 18.2 Å². The Hall–Kier alpha value is -3.96. The third-order valence-electron chi connectivity index (χ3n) is 3.68. The van der Waals surface area contributed by atoms with Crippen LogP contribution in [0.25, 0.3) is 6.08 Å². The fraction of sp³-hybridized carbons (Fsp3) is 0.158. The number of alkyl halides is 3. The van der Waals surface area contributed by atoms with E-state index in [1.165, 1.54) is 12.1 Å². The number of carboxylic acid groups (broad SMARTS) is 1. The summed E-state index contributed by atoms with van der Waals surface area (Å²) in [7, 11) is 0. The number of rotatable bonds is 5. The number of pyridine rings is 1. The molecule has 0 bridgehead atoms. The van der Waals surface area contributed by atoms with Gasteiger partial charge in [-0.2, -0.15) is 13.2 Å². The van der Waals surface area contributed by atoms with Crippen LogP contribution in [0.4, 0.5) is 33.9 Å². The number of aromatic nitrogens is 1. The van der Waals surface area contributed by atoms with Gasteiger partial charge in [-0.15, -0.1) is 0 Å². The Balaban J connectivity index is 0.000000423. The van der Waals surface area contributed by atoms with Crippen molar-refractivity contribution in [3.63, 3.8) is 0 Å². The summed E-state index contributed by atoms with van der Waals surface area (Å²) < 4.78 is 44.6. The number of hydrogen-bond acceptors (Lipinski definition) is 5. The lowest BCUT2D eigenvalue weighted by atomic mass is 10.2. The van der Waals surface area contributed by atoms with Crippen molar-refractivity contribution in [2.24, 2.45) is 0 Å². The molecular weight excluding hydrogens is 424 g/mol. The first kappa shape index (κ1) is 23.3. The Morgan fingerprint density at radius 1 is 1.19 bits per heavy atom. The van der Waals surface area contributed by atoms with E-state index in [1.807, 2.05) is 6.07 Å². The third-order valence-corrected chi connectivity index (χ3v) is 3.68. The van der Waals surface area contributed by atoms with Crippen molar-refractivity contribution in [1.29, 1.82) is 0 Å². The van der Waals surface area contributed by atoms with Gasteiger partial charge in [-0.25, -0.2) is 19.0 Å². The van der Waals surface area contributed by atoms with E-state index < -0.39 is 12.1 Å². The Kier molecular flexibility index (Phi) is 7.66. The minimum absolute atomic E-state index is 0.0536. The molecule has 31 heavy (non-hydrogen) atoms. The molecule has 0 spiro atoms. The van der Waals surface area contributed by atoms with Crippen molar-refractivity contribution < 1.29 is 37.1 Å². The zero-order valence-electron chi connectivity index (χ0n) is 15.7. The summed E-state index contributed by atoms with van der Waals surface area (Å²) >= 11 is 0. The topological polar surface area (TPSA) is 112 Å². The van der Waals surface area contributed by atoms with Gasteiger partial charge < -0.3 is 15.7 Å². The summed E-state index contributed by atoms with van der Waals surface area (Å²) in [6.07, 6.45) is 0.0919. The predicted octanol–water partition coefficient (Wildman–Crippen LogP) is 3.16. The maximum Gasteiger partial charge on any atom is 0.490 e. The van der Waals surface area contributed by atoms with Crippen LogP contribution >= 0.6 is 0 Å². The van der Waals surface area contributed by atoms with Gasteiger partial charge in [-0.1, -0.05) is 12.2 Å². The smallest absolute Gasteiger partial charge is 0.475 e. The highest BCUT2D eigenvalue weighted by Gasteiger charge is 2.38. The van der Waals surface area contributed by atoms with Crippen LogP contribution in [0.5, 0.6) is 0 Å². The minimum atomic E-state index is -5.08. The van der Waals surface area contributed by atoms with Gasteiger partial charge in [0.25, 0.3) is 0 Å². The number of carbonyl (C=O) groups is 3. The van der Waals surface area contributed by atoms with Crippen molar-refractivity contribution in [2.45, 2.75) is 6.18 Å². The summed E-state index contributed by atoms with van der Waals surface area (Å²) in [5, 5.41) is 12.6. The SMILES string of the molecule is O=C(O)C(F)(F)F.O=C1CNC(=O)N1C/C=C/c1ccc(Nc2ccc(F)cc2)nc1. The summed E-state index contributed by atoms with van der Waals surface area (Å²) in [4.78, 5) is 37.1. The fourth-order valence-electron chi connectivity index (χ4n) is 2.19. The van der Waals surface area contributed by atoms with Gasteiger partial charge in [0, 0.05) is 18.4 Å².